The number of aliphatic hydroxyl groups is 2. The number of hydrogen-bond acceptors (Lipinski definition) is 5. The summed E-state index contributed by atoms with van der Waals surface area (Å²) in [6.07, 6.45) is 67.1. The number of amides is 1. The highest BCUT2D eigenvalue weighted by atomic mass is 16.5. The van der Waals surface area contributed by atoms with Crippen LogP contribution in [0.4, 0.5) is 0 Å². The summed E-state index contributed by atoms with van der Waals surface area (Å²) in [5, 5.41) is 23.8. The van der Waals surface area contributed by atoms with E-state index in [-0.39, 0.29) is 24.9 Å². The molecule has 0 saturated carbocycles. The molecule has 0 spiro atoms. The van der Waals surface area contributed by atoms with Gasteiger partial charge in [-0.25, -0.2) is 0 Å². The minimum atomic E-state index is -0.803. The minimum Gasteiger partial charge on any atom is -0.462 e. The Morgan fingerprint density at radius 3 is 1.32 bits per heavy atom. The third-order valence-electron chi connectivity index (χ3n) is 12.8. The fourth-order valence-corrected chi connectivity index (χ4v) is 8.49. The molecular formula is C60H109NO5. The molecule has 3 N–H and O–H groups in total. The number of esters is 1. The third-order valence-corrected chi connectivity index (χ3v) is 12.8. The predicted octanol–water partition coefficient (Wildman–Crippen LogP) is 17.6. The van der Waals surface area contributed by atoms with E-state index in [1.165, 1.54) is 161 Å². The quantitative estimate of drug-likeness (QED) is 0.0244. The Morgan fingerprint density at radius 2 is 0.833 bits per heavy atom. The SMILES string of the molecule is CCCCC/C=C\C/C=C\C/C=C\CCCCCCCCC(=O)OC(CCC/C=C/C=C/CCCCCCCCC)CC(=O)NC(CO)C(O)CCCCCCCCCCCCCCCC. The number of ether oxygens (including phenoxy) is 1. The molecule has 3 unspecified atom stereocenters. The smallest absolute Gasteiger partial charge is 0.306 e. The summed E-state index contributed by atoms with van der Waals surface area (Å²) in [5.74, 6) is -0.529. The first-order valence-electron chi connectivity index (χ1n) is 28.5. The average Bonchev–Trinajstić information content (AvgIpc) is 3.31. The predicted molar refractivity (Wildman–Crippen MR) is 287 cm³/mol. The Morgan fingerprint density at radius 1 is 0.455 bits per heavy atom. The number of nitrogens with one attached hydrogen (secondary N) is 1. The van der Waals surface area contributed by atoms with Gasteiger partial charge in [0.1, 0.15) is 6.10 Å². The monoisotopic (exact) mass is 924 g/mol. The number of allylic oxidation sites excluding steroid dienone is 10. The van der Waals surface area contributed by atoms with Crippen LogP contribution >= 0.6 is 0 Å². The molecule has 0 aliphatic carbocycles. The van der Waals surface area contributed by atoms with E-state index >= 15 is 0 Å². The van der Waals surface area contributed by atoms with Crippen LogP contribution in [0.2, 0.25) is 0 Å². The van der Waals surface area contributed by atoms with E-state index in [9.17, 15) is 19.8 Å². The van der Waals surface area contributed by atoms with Gasteiger partial charge in [-0.05, 0) is 83.5 Å². The van der Waals surface area contributed by atoms with Gasteiger partial charge in [0.2, 0.25) is 5.91 Å². The summed E-state index contributed by atoms with van der Waals surface area (Å²) in [6, 6.07) is -0.720. The lowest BCUT2D eigenvalue weighted by Crippen LogP contribution is -2.46. The van der Waals surface area contributed by atoms with E-state index in [4.69, 9.17) is 4.74 Å². The minimum absolute atomic E-state index is 0.0388. The first-order chi connectivity index (χ1) is 32.5. The number of rotatable bonds is 51. The molecule has 0 radical (unpaired) electrons. The number of carbonyl (C=O) groups is 2. The first-order valence-corrected chi connectivity index (χ1v) is 28.5. The fraction of sp³-hybridized carbons (Fsp3) is 0.800. The maximum Gasteiger partial charge on any atom is 0.306 e. The van der Waals surface area contributed by atoms with Crippen molar-refractivity contribution in [1.29, 1.82) is 0 Å². The molecule has 0 bridgehead atoms. The zero-order chi connectivity index (χ0) is 48.1. The van der Waals surface area contributed by atoms with E-state index in [1.807, 2.05) is 0 Å². The van der Waals surface area contributed by atoms with Gasteiger partial charge in [0.15, 0.2) is 0 Å². The molecule has 0 aliphatic rings. The normalized spacial score (nSPS) is 13.6. The molecule has 0 fully saturated rings. The highest BCUT2D eigenvalue weighted by molar-refractivity contribution is 5.77. The van der Waals surface area contributed by atoms with Crippen LogP contribution in [0.15, 0.2) is 60.8 Å². The van der Waals surface area contributed by atoms with Gasteiger partial charge in [-0.15, -0.1) is 0 Å². The standard InChI is InChI=1S/C60H109NO5/c1-4-7-10-13-16-19-22-25-28-29-30-31-32-35-38-41-44-47-50-53-60(65)66-56(51-48-45-42-39-36-33-26-23-20-17-14-11-8-5-2)54-59(64)61-57(55-62)58(63)52-49-46-43-40-37-34-27-24-21-18-15-12-9-6-3/h16,19,25,28,30-31,33,36,39,42,56-58,62-63H,4-15,17-18,20-24,26-27,29,32,34-35,37-38,40-41,43-55H2,1-3H3,(H,61,64)/b19-16-,28-25-,31-30-,36-33+,42-39+. The molecule has 0 heterocycles. The van der Waals surface area contributed by atoms with E-state index < -0.39 is 18.2 Å². The van der Waals surface area contributed by atoms with Crippen LogP contribution < -0.4 is 5.32 Å². The van der Waals surface area contributed by atoms with Gasteiger partial charge in [0.25, 0.3) is 0 Å². The van der Waals surface area contributed by atoms with Gasteiger partial charge in [-0.1, -0.05) is 248 Å². The van der Waals surface area contributed by atoms with Crippen LogP contribution in [0, 0.1) is 0 Å². The lowest BCUT2D eigenvalue weighted by molar-refractivity contribution is -0.151. The Labute approximate surface area is 409 Å². The second-order valence-corrected chi connectivity index (χ2v) is 19.4. The van der Waals surface area contributed by atoms with Gasteiger partial charge < -0.3 is 20.3 Å². The largest absolute Gasteiger partial charge is 0.462 e. The molecule has 0 aromatic heterocycles. The second kappa shape index (κ2) is 53.5. The molecule has 384 valence electrons. The summed E-state index contributed by atoms with van der Waals surface area (Å²) >= 11 is 0. The molecule has 0 aromatic rings. The van der Waals surface area contributed by atoms with Gasteiger partial charge in [-0.3, -0.25) is 9.59 Å². The van der Waals surface area contributed by atoms with Crippen molar-refractivity contribution in [2.24, 2.45) is 0 Å². The maximum atomic E-state index is 13.2. The van der Waals surface area contributed by atoms with Crippen molar-refractivity contribution >= 4 is 11.9 Å². The van der Waals surface area contributed by atoms with Crippen LogP contribution in [-0.4, -0.2) is 46.9 Å². The molecular weight excluding hydrogens is 815 g/mol. The molecule has 0 aromatic carbocycles. The van der Waals surface area contributed by atoms with Crippen molar-refractivity contribution in [1.82, 2.24) is 5.32 Å². The van der Waals surface area contributed by atoms with Crippen LogP contribution in [0.1, 0.15) is 284 Å². The zero-order valence-electron chi connectivity index (χ0n) is 43.8. The van der Waals surface area contributed by atoms with Gasteiger partial charge >= 0.3 is 5.97 Å². The zero-order valence-corrected chi connectivity index (χ0v) is 43.8. The van der Waals surface area contributed by atoms with Crippen molar-refractivity contribution in [2.75, 3.05) is 6.61 Å². The van der Waals surface area contributed by atoms with Gasteiger partial charge in [-0.2, -0.15) is 0 Å². The Kier molecular flexibility index (Phi) is 51.5. The molecule has 66 heavy (non-hydrogen) atoms. The summed E-state index contributed by atoms with van der Waals surface area (Å²) in [4.78, 5) is 26.2. The van der Waals surface area contributed by atoms with Crippen LogP contribution in [-0.2, 0) is 14.3 Å². The first kappa shape index (κ1) is 63.6. The molecule has 0 aliphatic heterocycles. The third kappa shape index (κ3) is 48.0. The number of hydrogen-bond donors (Lipinski definition) is 3. The maximum absolute atomic E-state index is 13.2. The molecule has 6 heteroatoms. The molecule has 0 rings (SSSR count). The van der Waals surface area contributed by atoms with Crippen LogP contribution in [0.5, 0.6) is 0 Å². The number of carbonyl (C=O) groups excluding carboxylic acids is 2. The Bertz CT molecular complexity index is 1170. The van der Waals surface area contributed by atoms with Gasteiger partial charge in [0.05, 0.1) is 25.2 Å². The van der Waals surface area contributed by atoms with Crippen molar-refractivity contribution in [3.8, 4) is 0 Å². The lowest BCUT2D eigenvalue weighted by atomic mass is 10.0. The highest BCUT2D eigenvalue weighted by Gasteiger charge is 2.24. The molecule has 1 amide bonds. The summed E-state index contributed by atoms with van der Waals surface area (Å²) < 4.78 is 5.93. The Balaban J connectivity index is 4.62. The van der Waals surface area contributed by atoms with E-state index in [1.54, 1.807) is 0 Å². The van der Waals surface area contributed by atoms with Crippen molar-refractivity contribution in [3.63, 3.8) is 0 Å². The van der Waals surface area contributed by atoms with Crippen LogP contribution in [0.25, 0.3) is 0 Å². The lowest BCUT2D eigenvalue weighted by Gasteiger charge is -2.24. The van der Waals surface area contributed by atoms with Crippen molar-refractivity contribution in [3.05, 3.63) is 60.8 Å². The van der Waals surface area contributed by atoms with Crippen molar-refractivity contribution in [2.45, 2.75) is 302 Å². The molecule has 6 nitrogen and oxygen atoms in total. The van der Waals surface area contributed by atoms with E-state index in [0.29, 0.717) is 19.3 Å². The van der Waals surface area contributed by atoms with Crippen LogP contribution in [0.3, 0.4) is 0 Å². The van der Waals surface area contributed by atoms with E-state index in [2.05, 4.69) is 86.8 Å². The van der Waals surface area contributed by atoms with E-state index in [0.717, 1.165) is 77.0 Å². The summed E-state index contributed by atoms with van der Waals surface area (Å²) in [6.45, 7) is 6.45. The summed E-state index contributed by atoms with van der Waals surface area (Å²) in [5.41, 5.74) is 0. The second-order valence-electron chi connectivity index (χ2n) is 19.4. The summed E-state index contributed by atoms with van der Waals surface area (Å²) in [7, 11) is 0. The Hall–Kier alpha value is -2.44. The molecule has 0 saturated heterocycles. The highest BCUT2D eigenvalue weighted by Crippen LogP contribution is 2.17. The number of unbranched alkanes of at least 4 members (excludes halogenated alkanes) is 30. The molecule has 3 atom stereocenters. The average molecular weight is 925 g/mol. The van der Waals surface area contributed by atoms with Gasteiger partial charge in [0, 0.05) is 6.42 Å². The fourth-order valence-electron chi connectivity index (χ4n) is 8.49. The van der Waals surface area contributed by atoms with Crippen molar-refractivity contribution < 1.29 is 24.5 Å². The topological polar surface area (TPSA) is 95.9 Å². The number of aliphatic hydroxyl groups excluding tert-OH is 2.